The fourth-order valence-corrected chi connectivity index (χ4v) is 2.39. The molecule has 0 spiro atoms. The van der Waals surface area contributed by atoms with E-state index in [1.807, 2.05) is 18.2 Å². The van der Waals surface area contributed by atoms with E-state index in [1.165, 1.54) is 12.7 Å². The topological polar surface area (TPSA) is 47.6 Å². The van der Waals surface area contributed by atoms with Crippen LogP contribution in [0.1, 0.15) is 25.3 Å². The number of ether oxygens (including phenoxy) is 2. The first-order chi connectivity index (χ1) is 9.24. The SMILES string of the molecule is CCCc1ccccc1O[C@H]1CN[C@H](C(=O)OC)C1.Cl. The number of halogens is 1. The molecular weight excluding hydrogens is 278 g/mol. The third-order valence-corrected chi connectivity index (χ3v) is 3.36. The molecule has 5 heteroatoms. The van der Waals surface area contributed by atoms with Gasteiger partial charge in [-0.2, -0.15) is 0 Å². The number of methoxy groups -OCH3 is 1. The Balaban J connectivity index is 0.00000200. The summed E-state index contributed by atoms with van der Waals surface area (Å²) in [5.41, 5.74) is 1.23. The van der Waals surface area contributed by atoms with E-state index in [-0.39, 0.29) is 30.5 Å². The Morgan fingerprint density at radius 2 is 2.15 bits per heavy atom. The second kappa shape index (κ2) is 8.12. The van der Waals surface area contributed by atoms with Gasteiger partial charge in [-0.15, -0.1) is 12.4 Å². The Morgan fingerprint density at radius 3 is 2.85 bits per heavy atom. The maximum atomic E-state index is 11.4. The molecule has 0 unspecified atom stereocenters. The van der Waals surface area contributed by atoms with Crippen molar-refractivity contribution in [3.63, 3.8) is 0 Å². The predicted octanol–water partition coefficient (Wildman–Crippen LogP) is 2.34. The van der Waals surface area contributed by atoms with Crippen molar-refractivity contribution in [2.75, 3.05) is 13.7 Å². The van der Waals surface area contributed by atoms with E-state index in [0.29, 0.717) is 13.0 Å². The zero-order valence-electron chi connectivity index (χ0n) is 11.9. The summed E-state index contributed by atoms with van der Waals surface area (Å²) in [5.74, 6) is 0.717. The molecule has 0 radical (unpaired) electrons. The number of carbonyl (C=O) groups excluding carboxylic acids is 1. The van der Waals surface area contributed by atoms with Crippen LogP contribution in [0.4, 0.5) is 0 Å². The molecule has 0 bridgehead atoms. The summed E-state index contributed by atoms with van der Waals surface area (Å²) in [6, 6.07) is 7.86. The van der Waals surface area contributed by atoms with Gasteiger partial charge in [-0.3, -0.25) is 4.79 Å². The molecule has 112 valence electrons. The van der Waals surface area contributed by atoms with Gasteiger partial charge in [-0.05, 0) is 18.1 Å². The molecule has 1 aromatic rings. The van der Waals surface area contributed by atoms with Gasteiger partial charge in [0.2, 0.25) is 0 Å². The number of rotatable bonds is 5. The third-order valence-electron chi connectivity index (χ3n) is 3.36. The second-order valence-corrected chi connectivity index (χ2v) is 4.82. The minimum Gasteiger partial charge on any atom is -0.489 e. The number of para-hydroxylation sites is 1. The van der Waals surface area contributed by atoms with Gasteiger partial charge < -0.3 is 14.8 Å². The van der Waals surface area contributed by atoms with Crippen LogP contribution in [-0.4, -0.2) is 31.8 Å². The number of aryl methyl sites for hydroxylation is 1. The maximum absolute atomic E-state index is 11.4. The quantitative estimate of drug-likeness (QED) is 0.848. The van der Waals surface area contributed by atoms with Crippen LogP contribution in [0.2, 0.25) is 0 Å². The largest absolute Gasteiger partial charge is 0.489 e. The average molecular weight is 300 g/mol. The van der Waals surface area contributed by atoms with Crippen molar-refractivity contribution >= 4 is 18.4 Å². The summed E-state index contributed by atoms with van der Waals surface area (Å²) in [4.78, 5) is 11.4. The third kappa shape index (κ3) is 4.12. The lowest BCUT2D eigenvalue weighted by atomic mass is 10.1. The van der Waals surface area contributed by atoms with E-state index in [4.69, 9.17) is 9.47 Å². The van der Waals surface area contributed by atoms with Gasteiger partial charge in [0.05, 0.1) is 7.11 Å². The molecule has 0 amide bonds. The Hall–Kier alpha value is -1.26. The smallest absolute Gasteiger partial charge is 0.323 e. The molecular formula is C15H22ClNO3. The van der Waals surface area contributed by atoms with Crippen LogP contribution in [0, 0.1) is 0 Å². The molecule has 0 saturated carbocycles. The summed E-state index contributed by atoms with van der Waals surface area (Å²) < 4.78 is 10.8. The van der Waals surface area contributed by atoms with Crippen molar-refractivity contribution in [3.05, 3.63) is 29.8 Å². The number of esters is 1. The van der Waals surface area contributed by atoms with Crippen molar-refractivity contribution < 1.29 is 14.3 Å². The fourth-order valence-electron chi connectivity index (χ4n) is 2.39. The zero-order chi connectivity index (χ0) is 13.7. The number of carbonyl (C=O) groups is 1. The Labute approximate surface area is 126 Å². The molecule has 1 N–H and O–H groups in total. The molecule has 2 atom stereocenters. The van der Waals surface area contributed by atoms with Crippen molar-refractivity contribution in [3.8, 4) is 5.75 Å². The molecule has 1 heterocycles. The summed E-state index contributed by atoms with van der Waals surface area (Å²) in [5, 5.41) is 3.13. The second-order valence-electron chi connectivity index (χ2n) is 4.82. The lowest BCUT2D eigenvalue weighted by molar-refractivity contribution is -0.142. The number of nitrogens with one attached hydrogen (secondary N) is 1. The minimum atomic E-state index is -0.242. The van der Waals surface area contributed by atoms with E-state index >= 15 is 0 Å². The summed E-state index contributed by atoms with van der Waals surface area (Å²) >= 11 is 0. The van der Waals surface area contributed by atoms with Crippen LogP contribution in [-0.2, 0) is 16.0 Å². The van der Waals surface area contributed by atoms with Crippen LogP contribution >= 0.6 is 12.4 Å². The van der Waals surface area contributed by atoms with E-state index in [2.05, 4.69) is 18.3 Å². The van der Waals surface area contributed by atoms with Crippen LogP contribution in [0.25, 0.3) is 0 Å². The van der Waals surface area contributed by atoms with Gasteiger partial charge in [0.25, 0.3) is 0 Å². The molecule has 1 saturated heterocycles. The van der Waals surface area contributed by atoms with Crippen LogP contribution in [0.3, 0.4) is 0 Å². The number of hydrogen-bond acceptors (Lipinski definition) is 4. The van der Waals surface area contributed by atoms with Gasteiger partial charge >= 0.3 is 5.97 Å². The highest BCUT2D eigenvalue weighted by molar-refractivity contribution is 5.85. The zero-order valence-corrected chi connectivity index (χ0v) is 12.7. The molecule has 0 aromatic heterocycles. The van der Waals surface area contributed by atoms with E-state index < -0.39 is 0 Å². The Kier molecular flexibility index (Phi) is 6.82. The van der Waals surface area contributed by atoms with Gasteiger partial charge in [-0.25, -0.2) is 0 Å². The van der Waals surface area contributed by atoms with Crippen LogP contribution < -0.4 is 10.1 Å². The monoisotopic (exact) mass is 299 g/mol. The summed E-state index contributed by atoms with van der Waals surface area (Å²) in [6.07, 6.45) is 2.79. The molecule has 1 aromatic carbocycles. The van der Waals surface area contributed by atoms with E-state index in [0.717, 1.165) is 18.6 Å². The highest BCUT2D eigenvalue weighted by Gasteiger charge is 2.31. The fraction of sp³-hybridized carbons (Fsp3) is 0.533. The van der Waals surface area contributed by atoms with Gasteiger partial charge in [0.15, 0.2) is 0 Å². The minimum absolute atomic E-state index is 0. The van der Waals surface area contributed by atoms with Gasteiger partial charge in [0.1, 0.15) is 17.9 Å². The van der Waals surface area contributed by atoms with Gasteiger partial charge in [0, 0.05) is 13.0 Å². The van der Waals surface area contributed by atoms with E-state index in [1.54, 1.807) is 0 Å². The van der Waals surface area contributed by atoms with Crippen LogP contribution in [0.5, 0.6) is 5.75 Å². The highest BCUT2D eigenvalue weighted by Crippen LogP contribution is 2.23. The van der Waals surface area contributed by atoms with E-state index in [9.17, 15) is 4.79 Å². The molecule has 4 nitrogen and oxygen atoms in total. The first-order valence-corrected chi connectivity index (χ1v) is 6.80. The van der Waals surface area contributed by atoms with Crippen molar-refractivity contribution in [2.45, 2.75) is 38.3 Å². The molecule has 1 fully saturated rings. The molecule has 1 aliphatic rings. The predicted molar refractivity (Wildman–Crippen MR) is 80.5 cm³/mol. The van der Waals surface area contributed by atoms with Crippen molar-refractivity contribution in [1.82, 2.24) is 5.32 Å². The molecule has 0 aliphatic carbocycles. The highest BCUT2D eigenvalue weighted by atomic mass is 35.5. The van der Waals surface area contributed by atoms with Crippen molar-refractivity contribution in [1.29, 1.82) is 0 Å². The molecule has 20 heavy (non-hydrogen) atoms. The average Bonchev–Trinajstić information content (AvgIpc) is 2.89. The normalized spacial score (nSPS) is 21.1. The Morgan fingerprint density at radius 1 is 1.40 bits per heavy atom. The first kappa shape index (κ1) is 16.8. The van der Waals surface area contributed by atoms with Crippen LogP contribution in [0.15, 0.2) is 24.3 Å². The number of hydrogen-bond donors (Lipinski definition) is 1. The number of benzene rings is 1. The lowest BCUT2D eigenvalue weighted by Crippen LogP contribution is -2.31. The summed E-state index contributed by atoms with van der Waals surface area (Å²) in [6.45, 7) is 2.83. The maximum Gasteiger partial charge on any atom is 0.323 e. The first-order valence-electron chi connectivity index (χ1n) is 6.80. The molecule has 2 rings (SSSR count). The Bertz CT molecular complexity index is 439. The van der Waals surface area contributed by atoms with Crippen molar-refractivity contribution in [2.24, 2.45) is 0 Å². The standard InChI is InChI=1S/C15H21NO3.ClH/c1-3-6-11-7-4-5-8-14(11)19-12-9-13(16-10-12)15(17)18-2;/h4-5,7-8,12-13,16H,3,6,9-10H2,1-2H3;1H/t12-,13+;/m1./s1. The lowest BCUT2D eigenvalue weighted by Gasteiger charge is -2.16. The summed E-state index contributed by atoms with van der Waals surface area (Å²) in [7, 11) is 1.41. The molecule has 1 aliphatic heterocycles. The van der Waals surface area contributed by atoms with Gasteiger partial charge in [-0.1, -0.05) is 31.5 Å².